The molecule has 0 aromatic heterocycles. The molecule has 29 heavy (non-hydrogen) atoms. The van der Waals surface area contributed by atoms with Gasteiger partial charge in [0.2, 0.25) is 5.91 Å². The average Bonchev–Trinajstić information content (AvgIpc) is 2.95. The van der Waals surface area contributed by atoms with E-state index in [1.165, 1.54) is 12.0 Å². The number of hydrogen-bond acceptors (Lipinski definition) is 3. The molecule has 0 radical (unpaired) electrons. The lowest BCUT2D eigenvalue weighted by Crippen LogP contribution is -2.49. The van der Waals surface area contributed by atoms with Crippen LogP contribution in [0.2, 0.25) is 5.02 Å². The summed E-state index contributed by atoms with van der Waals surface area (Å²) in [6.07, 6.45) is 6.14. The van der Waals surface area contributed by atoms with E-state index in [0.717, 1.165) is 48.4 Å². The first kappa shape index (κ1) is 20.2. The third-order valence-electron chi connectivity index (χ3n) is 6.65. The van der Waals surface area contributed by atoms with Gasteiger partial charge in [-0.3, -0.25) is 9.69 Å². The van der Waals surface area contributed by atoms with Gasteiger partial charge in [0, 0.05) is 11.6 Å². The van der Waals surface area contributed by atoms with E-state index in [-0.39, 0.29) is 17.6 Å². The van der Waals surface area contributed by atoms with Gasteiger partial charge in [-0.05, 0) is 61.7 Å². The molecule has 5 heteroatoms. The van der Waals surface area contributed by atoms with Crippen molar-refractivity contribution in [3.05, 3.63) is 64.7 Å². The first-order valence-corrected chi connectivity index (χ1v) is 10.9. The van der Waals surface area contributed by atoms with Crippen molar-refractivity contribution in [2.45, 2.75) is 50.2 Å². The Morgan fingerprint density at radius 3 is 2.31 bits per heavy atom. The molecule has 1 saturated carbocycles. The number of methoxy groups -OCH3 is 1. The molecule has 1 saturated heterocycles. The van der Waals surface area contributed by atoms with E-state index in [1.807, 2.05) is 24.3 Å². The van der Waals surface area contributed by atoms with E-state index in [9.17, 15) is 4.79 Å². The number of carbonyl (C=O) groups is 1. The lowest BCUT2D eigenvalue weighted by atomic mass is 9.80. The molecule has 154 valence electrons. The zero-order chi connectivity index (χ0) is 20.4. The van der Waals surface area contributed by atoms with Crippen LogP contribution in [-0.4, -0.2) is 41.9 Å². The Morgan fingerprint density at radius 2 is 1.69 bits per heavy atom. The van der Waals surface area contributed by atoms with E-state index in [1.54, 1.807) is 7.11 Å². The molecule has 1 atom stereocenters. The van der Waals surface area contributed by atoms with Crippen LogP contribution in [0.5, 0.6) is 5.75 Å². The molecule has 1 amide bonds. The topological polar surface area (TPSA) is 32.8 Å². The Morgan fingerprint density at radius 1 is 1.03 bits per heavy atom. The Kier molecular flexibility index (Phi) is 5.84. The third kappa shape index (κ3) is 3.76. The quantitative estimate of drug-likeness (QED) is 0.687. The van der Waals surface area contributed by atoms with Crippen LogP contribution in [0.25, 0.3) is 0 Å². The van der Waals surface area contributed by atoms with Crippen LogP contribution < -0.4 is 4.74 Å². The average molecular weight is 413 g/mol. The first-order valence-electron chi connectivity index (χ1n) is 10.5. The smallest absolute Gasteiger partial charge is 0.244 e. The van der Waals surface area contributed by atoms with Crippen molar-refractivity contribution in [1.82, 2.24) is 9.80 Å². The van der Waals surface area contributed by atoms with Crippen molar-refractivity contribution >= 4 is 17.5 Å². The molecular weight excluding hydrogens is 384 g/mol. The number of hydrogen-bond donors (Lipinski definition) is 0. The molecule has 2 fully saturated rings. The van der Waals surface area contributed by atoms with E-state index in [2.05, 4.69) is 41.1 Å². The normalized spacial score (nSPS) is 21.7. The summed E-state index contributed by atoms with van der Waals surface area (Å²) >= 11 is 6.12. The highest BCUT2D eigenvalue weighted by molar-refractivity contribution is 6.30. The predicted octanol–water partition coefficient (Wildman–Crippen LogP) is 5.07. The second-order valence-electron chi connectivity index (χ2n) is 8.22. The molecule has 2 aromatic rings. The molecule has 1 aliphatic heterocycles. The van der Waals surface area contributed by atoms with Gasteiger partial charge in [0.15, 0.2) is 0 Å². The van der Waals surface area contributed by atoms with Crippen LogP contribution >= 0.6 is 11.6 Å². The van der Waals surface area contributed by atoms with Crippen LogP contribution in [0.15, 0.2) is 48.5 Å². The molecule has 4 rings (SSSR count). The Labute approximate surface area is 178 Å². The molecule has 1 heterocycles. The minimum absolute atomic E-state index is 0.0453. The lowest BCUT2D eigenvalue weighted by molar-refractivity contribution is -0.135. The minimum atomic E-state index is -0.359. The standard InChI is InChI=1S/C24H29ClN2O2/c1-26-22(19-8-10-20(25)11-9-19)27(23(28)24(26)15-4-3-5-16-24)17-14-18-6-12-21(29-2)13-7-18/h6-13,22H,3-5,14-17H2,1-2H3. The van der Waals surface area contributed by atoms with Gasteiger partial charge < -0.3 is 9.64 Å². The summed E-state index contributed by atoms with van der Waals surface area (Å²) in [6, 6.07) is 16.1. The van der Waals surface area contributed by atoms with Gasteiger partial charge in [-0.25, -0.2) is 0 Å². The molecule has 4 nitrogen and oxygen atoms in total. The highest BCUT2D eigenvalue weighted by Crippen LogP contribution is 2.46. The SMILES string of the molecule is COc1ccc(CCN2C(=O)C3(CCCCC3)N(C)C2c2ccc(Cl)cc2)cc1. The van der Waals surface area contributed by atoms with Gasteiger partial charge in [0.1, 0.15) is 17.5 Å². The Bertz CT molecular complexity index is 844. The van der Waals surface area contributed by atoms with Crippen molar-refractivity contribution in [2.75, 3.05) is 20.7 Å². The van der Waals surface area contributed by atoms with Gasteiger partial charge in [-0.2, -0.15) is 0 Å². The molecule has 1 aliphatic carbocycles. The largest absolute Gasteiger partial charge is 0.497 e. The predicted molar refractivity (Wildman–Crippen MR) is 116 cm³/mol. The van der Waals surface area contributed by atoms with E-state index < -0.39 is 0 Å². The summed E-state index contributed by atoms with van der Waals surface area (Å²) in [5.41, 5.74) is 1.98. The second-order valence-corrected chi connectivity index (χ2v) is 8.66. The maximum Gasteiger partial charge on any atom is 0.244 e. The van der Waals surface area contributed by atoms with Crippen molar-refractivity contribution < 1.29 is 9.53 Å². The molecule has 1 unspecified atom stereocenters. The van der Waals surface area contributed by atoms with E-state index >= 15 is 0 Å². The van der Waals surface area contributed by atoms with Crippen LogP contribution in [0.3, 0.4) is 0 Å². The maximum atomic E-state index is 13.7. The van der Waals surface area contributed by atoms with Gasteiger partial charge in [0.05, 0.1) is 7.11 Å². The number of benzene rings is 2. The first-order chi connectivity index (χ1) is 14.0. The molecule has 0 bridgehead atoms. The molecule has 2 aliphatic rings. The highest BCUT2D eigenvalue weighted by Gasteiger charge is 2.55. The van der Waals surface area contributed by atoms with E-state index in [4.69, 9.17) is 16.3 Å². The third-order valence-corrected chi connectivity index (χ3v) is 6.90. The summed E-state index contributed by atoms with van der Waals surface area (Å²) in [5.74, 6) is 1.14. The number of carbonyl (C=O) groups excluding carboxylic acids is 1. The monoisotopic (exact) mass is 412 g/mol. The minimum Gasteiger partial charge on any atom is -0.497 e. The molecular formula is C24H29ClN2O2. The Balaban J connectivity index is 1.61. The highest BCUT2D eigenvalue weighted by atomic mass is 35.5. The summed E-state index contributed by atoms with van der Waals surface area (Å²) in [6.45, 7) is 0.699. The van der Waals surface area contributed by atoms with Crippen molar-refractivity contribution in [1.29, 1.82) is 0 Å². The van der Waals surface area contributed by atoms with Gasteiger partial charge >= 0.3 is 0 Å². The maximum absolute atomic E-state index is 13.7. The molecule has 1 spiro atoms. The fraction of sp³-hybridized carbons (Fsp3) is 0.458. The lowest BCUT2D eigenvalue weighted by Gasteiger charge is -2.38. The zero-order valence-corrected chi connectivity index (χ0v) is 18.0. The fourth-order valence-electron chi connectivity index (χ4n) is 4.98. The van der Waals surface area contributed by atoms with Crippen LogP contribution in [0, 0.1) is 0 Å². The number of ether oxygens (including phenoxy) is 1. The van der Waals surface area contributed by atoms with Crippen LogP contribution in [0.4, 0.5) is 0 Å². The summed E-state index contributed by atoms with van der Waals surface area (Å²) < 4.78 is 5.26. The van der Waals surface area contributed by atoms with Gasteiger partial charge in [-0.15, -0.1) is 0 Å². The number of halogens is 1. The van der Waals surface area contributed by atoms with Crippen molar-refractivity contribution in [3.63, 3.8) is 0 Å². The van der Waals surface area contributed by atoms with Crippen molar-refractivity contribution in [2.24, 2.45) is 0 Å². The number of amides is 1. The summed E-state index contributed by atoms with van der Waals surface area (Å²) in [5, 5.41) is 0.720. The summed E-state index contributed by atoms with van der Waals surface area (Å²) in [7, 11) is 3.80. The number of likely N-dealkylation sites (N-methyl/N-ethyl adjacent to an activating group) is 1. The van der Waals surface area contributed by atoms with E-state index in [0.29, 0.717) is 6.54 Å². The second kappa shape index (κ2) is 8.37. The fourth-order valence-corrected chi connectivity index (χ4v) is 5.11. The van der Waals surface area contributed by atoms with Gasteiger partial charge in [0.25, 0.3) is 0 Å². The molecule has 0 N–H and O–H groups in total. The Hall–Kier alpha value is -2.04. The van der Waals surface area contributed by atoms with Crippen molar-refractivity contribution in [3.8, 4) is 5.75 Å². The van der Waals surface area contributed by atoms with Crippen LogP contribution in [-0.2, 0) is 11.2 Å². The molecule has 2 aromatic carbocycles. The summed E-state index contributed by atoms with van der Waals surface area (Å²) in [4.78, 5) is 18.1. The van der Waals surface area contributed by atoms with Gasteiger partial charge in [-0.1, -0.05) is 55.1 Å². The number of nitrogens with zero attached hydrogens (tertiary/aromatic N) is 2. The van der Waals surface area contributed by atoms with Crippen LogP contribution in [0.1, 0.15) is 49.4 Å². The zero-order valence-electron chi connectivity index (χ0n) is 17.2. The number of rotatable bonds is 5.